The van der Waals surface area contributed by atoms with E-state index in [0.717, 1.165) is 0 Å². The third-order valence-corrected chi connectivity index (χ3v) is 1.81. The monoisotopic (exact) mass is 230 g/mol. The minimum Gasteiger partial charge on any atom is -0.399 e. The second kappa shape index (κ2) is 4.39. The van der Waals surface area contributed by atoms with Crippen molar-refractivity contribution >= 4 is 29.2 Å². The Balaban J connectivity index is 2.22. The lowest BCUT2D eigenvalue weighted by atomic mass is 10.3. The molecular formula is C9H10N8. The number of hydrogen-bond donors (Lipinski definition) is 3. The van der Waals surface area contributed by atoms with Crippen LogP contribution in [0.1, 0.15) is 0 Å². The first-order chi connectivity index (χ1) is 8.13. The van der Waals surface area contributed by atoms with Crippen molar-refractivity contribution in [3.8, 4) is 0 Å². The number of nitrogen functional groups attached to an aromatic ring is 3. The molecule has 0 saturated heterocycles. The Morgan fingerprint density at radius 1 is 0.765 bits per heavy atom. The van der Waals surface area contributed by atoms with Gasteiger partial charge in [-0.25, -0.2) is 0 Å². The molecule has 17 heavy (non-hydrogen) atoms. The molecule has 0 aliphatic carbocycles. The molecule has 0 fully saturated rings. The van der Waals surface area contributed by atoms with E-state index in [1.807, 2.05) is 0 Å². The van der Waals surface area contributed by atoms with Gasteiger partial charge in [0.1, 0.15) is 0 Å². The van der Waals surface area contributed by atoms with E-state index in [-0.39, 0.29) is 17.8 Å². The average Bonchev–Trinajstić information content (AvgIpc) is 2.27. The molecule has 6 N–H and O–H groups in total. The summed E-state index contributed by atoms with van der Waals surface area (Å²) < 4.78 is 0. The first-order valence-electron chi connectivity index (χ1n) is 4.68. The summed E-state index contributed by atoms with van der Waals surface area (Å²) in [5.41, 5.74) is 17.6. The molecule has 0 bridgehead atoms. The fourth-order valence-corrected chi connectivity index (χ4v) is 1.09. The Morgan fingerprint density at radius 3 is 1.94 bits per heavy atom. The van der Waals surface area contributed by atoms with Crippen molar-refractivity contribution in [1.82, 2.24) is 15.0 Å². The summed E-state index contributed by atoms with van der Waals surface area (Å²) in [6, 6.07) is 6.86. The van der Waals surface area contributed by atoms with Gasteiger partial charge in [0.05, 0.1) is 5.69 Å². The molecule has 1 aromatic carbocycles. The van der Waals surface area contributed by atoms with Gasteiger partial charge >= 0.3 is 0 Å². The maximum atomic E-state index is 5.54. The number of nitrogens with two attached hydrogens (primary N) is 3. The SMILES string of the molecule is Nc1ccc(N=Nc2nc(N)nc(N)n2)cc1. The molecule has 0 unspecified atom stereocenters. The van der Waals surface area contributed by atoms with E-state index < -0.39 is 0 Å². The molecule has 0 aliphatic rings. The Kier molecular flexibility index (Phi) is 2.77. The Labute approximate surface area is 96.6 Å². The molecule has 8 heteroatoms. The van der Waals surface area contributed by atoms with Crippen LogP contribution in [0, 0.1) is 0 Å². The zero-order chi connectivity index (χ0) is 12.3. The van der Waals surface area contributed by atoms with Gasteiger partial charge in [-0.3, -0.25) is 0 Å². The lowest BCUT2D eigenvalue weighted by molar-refractivity contribution is 1.02. The number of hydrogen-bond acceptors (Lipinski definition) is 8. The second-order valence-corrected chi connectivity index (χ2v) is 3.14. The molecule has 86 valence electrons. The predicted molar refractivity (Wildman–Crippen MR) is 63.7 cm³/mol. The fourth-order valence-electron chi connectivity index (χ4n) is 1.09. The molecule has 2 aromatic rings. The maximum absolute atomic E-state index is 5.54. The number of azo groups is 1. The summed E-state index contributed by atoms with van der Waals surface area (Å²) in [6.45, 7) is 0. The van der Waals surface area contributed by atoms with Gasteiger partial charge in [0.2, 0.25) is 11.9 Å². The van der Waals surface area contributed by atoms with Crippen molar-refractivity contribution in [2.75, 3.05) is 17.2 Å². The molecule has 8 nitrogen and oxygen atoms in total. The van der Waals surface area contributed by atoms with Crippen LogP contribution in [0.3, 0.4) is 0 Å². The van der Waals surface area contributed by atoms with E-state index in [9.17, 15) is 0 Å². The van der Waals surface area contributed by atoms with Crippen molar-refractivity contribution in [2.24, 2.45) is 10.2 Å². The van der Waals surface area contributed by atoms with Gasteiger partial charge in [0.25, 0.3) is 5.95 Å². The highest BCUT2D eigenvalue weighted by Gasteiger charge is 1.99. The van der Waals surface area contributed by atoms with Crippen molar-refractivity contribution < 1.29 is 0 Å². The van der Waals surface area contributed by atoms with E-state index >= 15 is 0 Å². The zero-order valence-corrected chi connectivity index (χ0v) is 8.78. The Hall–Kier alpha value is -2.77. The van der Waals surface area contributed by atoms with E-state index in [0.29, 0.717) is 11.4 Å². The van der Waals surface area contributed by atoms with Crippen molar-refractivity contribution in [2.45, 2.75) is 0 Å². The summed E-state index contributed by atoms with van der Waals surface area (Å²) in [7, 11) is 0. The number of benzene rings is 1. The molecule has 2 rings (SSSR count). The fraction of sp³-hybridized carbons (Fsp3) is 0. The standard InChI is InChI=1S/C9H10N8/c10-5-1-3-6(4-2-5)16-17-9-14-7(11)13-8(12)15-9/h1-4H,10H2,(H4,11,12,13,14,15). The largest absolute Gasteiger partial charge is 0.399 e. The van der Waals surface area contributed by atoms with Gasteiger partial charge in [-0.1, -0.05) is 0 Å². The van der Waals surface area contributed by atoms with Gasteiger partial charge in [0.15, 0.2) is 0 Å². The highest BCUT2D eigenvalue weighted by Crippen LogP contribution is 2.17. The van der Waals surface area contributed by atoms with E-state index in [1.165, 1.54) is 0 Å². The maximum Gasteiger partial charge on any atom is 0.275 e. The Morgan fingerprint density at radius 2 is 1.35 bits per heavy atom. The van der Waals surface area contributed by atoms with Crippen molar-refractivity contribution in [3.63, 3.8) is 0 Å². The van der Waals surface area contributed by atoms with Crippen LogP contribution in [0.4, 0.5) is 29.2 Å². The number of nitrogens with zero attached hydrogens (tertiary/aromatic N) is 5. The minimum absolute atomic E-state index is 0.00348. The molecule has 1 aromatic heterocycles. The first-order valence-corrected chi connectivity index (χ1v) is 4.68. The van der Waals surface area contributed by atoms with Crippen LogP contribution in [0.15, 0.2) is 34.5 Å². The highest BCUT2D eigenvalue weighted by molar-refractivity contribution is 5.47. The summed E-state index contributed by atoms with van der Waals surface area (Å²) in [6.07, 6.45) is 0. The van der Waals surface area contributed by atoms with Gasteiger partial charge in [-0.2, -0.15) is 15.0 Å². The number of rotatable bonds is 2. The molecule has 0 radical (unpaired) electrons. The normalized spacial score (nSPS) is 10.8. The Bertz CT molecular complexity index is 527. The lowest BCUT2D eigenvalue weighted by Gasteiger charge is -1.96. The van der Waals surface area contributed by atoms with Crippen LogP contribution >= 0.6 is 0 Å². The van der Waals surface area contributed by atoms with Gasteiger partial charge in [-0.15, -0.1) is 10.2 Å². The first kappa shape index (κ1) is 10.7. The molecular weight excluding hydrogens is 220 g/mol. The number of anilines is 3. The number of aromatic nitrogens is 3. The van der Waals surface area contributed by atoms with E-state index in [2.05, 4.69) is 25.2 Å². The second-order valence-electron chi connectivity index (χ2n) is 3.14. The minimum atomic E-state index is 0.00348. The van der Waals surface area contributed by atoms with Crippen molar-refractivity contribution in [3.05, 3.63) is 24.3 Å². The van der Waals surface area contributed by atoms with Crippen LogP contribution in [-0.4, -0.2) is 15.0 Å². The summed E-state index contributed by atoms with van der Waals surface area (Å²) in [5.74, 6) is 0.0688. The van der Waals surface area contributed by atoms with Crippen LogP contribution in [0.25, 0.3) is 0 Å². The van der Waals surface area contributed by atoms with Crippen LogP contribution < -0.4 is 17.2 Å². The zero-order valence-electron chi connectivity index (χ0n) is 8.78. The van der Waals surface area contributed by atoms with E-state index in [1.54, 1.807) is 24.3 Å². The third-order valence-electron chi connectivity index (χ3n) is 1.81. The molecule has 0 saturated carbocycles. The molecule has 0 aliphatic heterocycles. The van der Waals surface area contributed by atoms with Crippen LogP contribution in [-0.2, 0) is 0 Å². The average molecular weight is 230 g/mol. The highest BCUT2D eigenvalue weighted by atomic mass is 15.3. The third kappa shape index (κ3) is 2.84. The van der Waals surface area contributed by atoms with Gasteiger partial charge in [0, 0.05) is 5.69 Å². The lowest BCUT2D eigenvalue weighted by Crippen LogP contribution is -2.01. The molecule has 0 atom stereocenters. The smallest absolute Gasteiger partial charge is 0.275 e. The predicted octanol–water partition coefficient (Wildman–Crippen LogP) is 1.03. The summed E-state index contributed by atoms with van der Waals surface area (Å²) in [4.78, 5) is 11.1. The molecule has 0 spiro atoms. The summed E-state index contributed by atoms with van der Waals surface area (Å²) >= 11 is 0. The van der Waals surface area contributed by atoms with Crippen LogP contribution in [0.2, 0.25) is 0 Å². The van der Waals surface area contributed by atoms with Crippen LogP contribution in [0.5, 0.6) is 0 Å². The molecule has 0 amide bonds. The quantitative estimate of drug-likeness (QED) is 0.519. The van der Waals surface area contributed by atoms with Gasteiger partial charge in [-0.05, 0) is 24.3 Å². The summed E-state index contributed by atoms with van der Waals surface area (Å²) in [5, 5.41) is 7.70. The van der Waals surface area contributed by atoms with Crippen molar-refractivity contribution in [1.29, 1.82) is 0 Å². The molecule has 1 heterocycles. The topological polar surface area (TPSA) is 141 Å². The van der Waals surface area contributed by atoms with E-state index in [4.69, 9.17) is 17.2 Å². The van der Waals surface area contributed by atoms with Gasteiger partial charge < -0.3 is 17.2 Å².